The van der Waals surface area contributed by atoms with Crippen molar-refractivity contribution in [2.45, 2.75) is 19.5 Å². The average molecular weight is 276 g/mol. The maximum atomic E-state index is 5.23. The first-order chi connectivity index (χ1) is 6.75. The molecule has 1 fully saturated rings. The van der Waals surface area contributed by atoms with Crippen molar-refractivity contribution in [2.24, 2.45) is 0 Å². The summed E-state index contributed by atoms with van der Waals surface area (Å²) in [6.45, 7) is 4.49. The Morgan fingerprint density at radius 1 is 1.71 bits per heavy atom. The lowest BCUT2D eigenvalue weighted by Gasteiger charge is -2.32. The molecule has 1 aliphatic rings. The highest BCUT2D eigenvalue weighted by Crippen LogP contribution is 2.21. The van der Waals surface area contributed by atoms with Gasteiger partial charge in [-0.2, -0.15) is 11.8 Å². The predicted molar refractivity (Wildman–Crippen MR) is 63.6 cm³/mol. The van der Waals surface area contributed by atoms with Crippen LogP contribution in [0.3, 0.4) is 0 Å². The van der Waals surface area contributed by atoms with Gasteiger partial charge in [0.05, 0.1) is 6.26 Å². The minimum atomic E-state index is 0.683. The van der Waals surface area contributed by atoms with Crippen molar-refractivity contribution in [1.82, 2.24) is 4.90 Å². The third-order valence-electron chi connectivity index (χ3n) is 2.51. The molecule has 0 radical (unpaired) electrons. The summed E-state index contributed by atoms with van der Waals surface area (Å²) in [4.78, 5) is 2.51. The van der Waals surface area contributed by atoms with Gasteiger partial charge in [0, 0.05) is 36.2 Å². The van der Waals surface area contributed by atoms with Gasteiger partial charge in [-0.05, 0) is 28.9 Å². The molecular formula is C10H14BrNOS. The highest BCUT2D eigenvalue weighted by molar-refractivity contribution is 9.10. The monoisotopic (exact) mass is 275 g/mol. The highest BCUT2D eigenvalue weighted by Gasteiger charge is 2.18. The Morgan fingerprint density at radius 3 is 3.21 bits per heavy atom. The molecule has 0 aromatic carbocycles. The number of rotatable bonds is 2. The Morgan fingerprint density at radius 2 is 2.57 bits per heavy atom. The zero-order valence-electron chi connectivity index (χ0n) is 8.20. The third-order valence-corrected chi connectivity index (χ3v) is 4.12. The average Bonchev–Trinajstić information content (AvgIpc) is 2.56. The molecule has 1 saturated heterocycles. The van der Waals surface area contributed by atoms with Crippen molar-refractivity contribution < 1.29 is 4.42 Å². The van der Waals surface area contributed by atoms with Crippen LogP contribution in [0.4, 0.5) is 0 Å². The van der Waals surface area contributed by atoms with Crippen molar-refractivity contribution in [3.05, 3.63) is 22.6 Å². The Balaban J connectivity index is 1.95. The first kappa shape index (κ1) is 10.6. The molecule has 0 spiro atoms. The van der Waals surface area contributed by atoms with Gasteiger partial charge in [0.1, 0.15) is 0 Å². The van der Waals surface area contributed by atoms with E-state index in [-0.39, 0.29) is 0 Å². The van der Waals surface area contributed by atoms with E-state index in [0.717, 1.165) is 11.2 Å². The quantitative estimate of drug-likeness (QED) is 0.826. The second-order valence-corrected chi connectivity index (χ2v) is 5.58. The molecule has 0 aliphatic carbocycles. The van der Waals surface area contributed by atoms with Crippen LogP contribution < -0.4 is 0 Å². The molecule has 4 heteroatoms. The SMILES string of the molecule is CC1CSCCN1Cc1coc(Br)c1. The van der Waals surface area contributed by atoms with E-state index in [1.165, 1.54) is 23.6 Å². The van der Waals surface area contributed by atoms with E-state index in [4.69, 9.17) is 4.42 Å². The highest BCUT2D eigenvalue weighted by atomic mass is 79.9. The maximum absolute atomic E-state index is 5.23. The normalized spacial score (nSPS) is 24.0. The molecule has 1 unspecified atom stereocenters. The van der Waals surface area contributed by atoms with Crippen LogP contribution in [0.5, 0.6) is 0 Å². The van der Waals surface area contributed by atoms with E-state index in [1.807, 2.05) is 18.0 Å². The van der Waals surface area contributed by atoms with Crippen molar-refractivity contribution in [3.63, 3.8) is 0 Å². The van der Waals surface area contributed by atoms with E-state index in [9.17, 15) is 0 Å². The molecule has 2 nitrogen and oxygen atoms in total. The lowest BCUT2D eigenvalue weighted by Crippen LogP contribution is -2.39. The van der Waals surface area contributed by atoms with Crippen LogP contribution in [0.25, 0.3) is 0 Å². The second kappa shape index (κ2) is 4.73. The number of hydrogen-bond acceptors (Lipinski definition) is 3. The smallest absolute Gasteiger partial charge is 0.169 e. The summed E-state index contributed by atoms with van der Waals surface area (Å²) >= 11 is 5.37. The summed E-state index contributed by atoms with van der Waals surface area (Å²) < 4.78 is 6.05. The number of halogens is 1. The molecule has 2 rings (SSSR count). The molecule has 1 aromatic rings. The van der Waals surface area contributed by atoms with Crippen LogP contribution >= 0.6 is 27.7 Å². The van der Waals surface area contributed by atoms with Crippen molar-refractivity contribution in [3.8, 4) is 0 Å². The van der Waals surface area contributed by atoms with Gasteiger partial charge in [-0.3, -0.25) is 4.90 Å². The van der Waals surface area contributed by atoms with Gasteiger partial charge >= 0.3 is 0 Å². The van der Waals surface area contributed by atoms with Crippen molar-refractivity contribution in [2.75, 3.05) is 18.1 Å². The van der Waals surface area contributed by atoms with Crippen LogP contribution in [-0.2, 0) is 6.54 Å². The van der Waals surface area contributed by atoms with Crippen LogP contribution in [0.15, 0.2) is 21.4 Å². The molecule has 1 aliphatic heterocycles. The van der Waals surface area contributed by atoms with Gasteiger partial charge in [0.2, 0.25) is 0 Å². The lowest BCUT2D eigenvalue weighted by molar-refractivity contribution is 0.223. The molecule has 2 heterocycles. The summed E-state index contributed by atoms with van der Waals surface area (Å²) in [5, 5.41) is 0. The summed E-state index contributed by atoms with van der Waals surface area (Å²) in [6.07, 6.45) is 1.83. The van der Waals surface area contributed by atoms with Crippen LogP contribution in [0, 0.1) is 0 Å². The Hall–Kier alpha value is 0.0700. The number of nitrogens with zero attached hydrogens (tertiary/aromatic N) is 1. The molecule has 1 aromatic heterocycles. The number of furan rings is 1. The van der Waals surface area contributed by atoms with E-state index < -0.39 is 0 Å². The summed E-state index contributed by atoms with van der Waals surface area (Å²) in [7, 11) is 0. The summed E-state index contributed by atoms with van der Waals surface area (Å²) in [5.41, 5.74) is 1.26. The fraction of sp³-hybridized carbons (Fsp3) is 0.600. The number of thioether (sulfide) groups is 1. The van der Waals surface area contributed by atoms with Gasteiger partial charge < -0.3 is 4.42 Å². The molecule has 1 atom stereocenters. The minimum Gasteiger partial charge on any atom is -0.457 e. The van der Waals surface area contributed by atoms with E-state index in [1.54, 1.807) is 0 Å². The predicted octanol–water partition coefficient (Wildman–Crippen LogP) is 2.98. The zero-order valence-corrected chi connectivity index (χ0v) is 10.6. The topological polar surface area (TPSA) is 16.4 Å². The minimum absolute atomic E-state index is 0.683. The third kappa shape index (κ3) is 2.55. The second-order valence-electron chi connectivity index (χ2n) is 3.65. The lowest BCUT2D eigenvalue weighted by atomic mass is 10.2. The van der Waals surface area contributed by atoms with Crippen LogP contribution in [0.2, 0.25) is 0 Å². The van der Waals surface area contributed by atoms with Crippen molar-refractivity contribution in [1.29, 1.82) is 0 Å². The standard InChI is InChI=1S/C10H14BrNOS/c1-8-7-14-3-2-12(8)5-9-4-10(11)13-6-9/h4,6,8H,2-3,5,7H2,1H3. The van der Waals surface area contributed by atoms with Gasteiger partial charge in [-0.1, -0.05) is 0 Å². The molecule has 0 saturated carbocycles. The molecule has 0 bridgehead atoms. The largest absolute Gasteiger partial charge is 0.457 e. The first-order valence-electron chi connectivity index (χ1n) is 4.80. The molecule has 14 heavy (non-hydrogen) atoms. The molecule has 78 valence electrons. The van der Waals surface area contributed by atoms with Gasteiger partial charge in [0.25, 0.3) is 0 Å². The fourth-order valence-corrected chi connectivity index (χ4v) is 3.13. The Kier molecular flexibility index (Phi) is 3.57. The van der Waals surface area contributed by atoms with Gasteiger partial charge in [-0.25, -0.2) is 0 Å². The van der Waals surface area contributed by atoms with Crippen molar-refractivity contribution >= 4 is 27.7 Å². The molecule has 0 amide bonds. The fourth-order valence-electron chi connectivity index (χ4n) is 1.66. The molecular weight excluding hydrogens is 262 g/mol. The number of hydrogen-bond donors (Lipinski definition) is 0. The molecule has 0 N–H and O–H groups in total. The Bertz CT molecular complexity index is 302. The van der Waals surface area contributed by atoms with Crippen LogP contribution in [-0.4, -0.2) is 29.0 Å². The van der Waals surface area contributed by atoms with E-state index in [0.29, 0.717) is 6.04 Å². The van der Waals surface area contributed by atoms with Crippen LogP contribution in [0.1, 0.15) is 12.5 Å². The van der Waals surface area contributed by atoms with E-state index in [2.05, 4.69) is 33.8 Å². The zero-order chi connectivity index (χ0) is 9.97. The summed E-state index contributed by atoms with van der Waals surface area (Å²) in [5.74, 6) is 2.50. The Labute approximate surface area is 97.2 Å². The summed E-state index contributed by atoms with van der Waals surface area (Å²) in [6, 6.07) is 2.73. The van der Waals surface area contributed by atoms with Gasteiger partial charge in [-0.15, -0.1) is 0 Å². The van der Waals surface area contributed by atoms with E-state index >= 15 is 0 Å². The maximum Gasteiger partial charge on any atom is 0.169 e. The van der Waals surface area contributed by atoms with Gasteiger partial charge in [0.15, 0.2) is 4.67 Å². The first-order valence-corrected chi connectivity index (χ1v) is 6.75.